The van der Waals surface area contributed by atoms with E-state index in [0.717, 1.165) is 0 Å². The predicted octanol–water partition coefficient (Wildman–Crippen LogP) is 3.51. The standard InChI is InChI=1S/C8H20Si/c1-5-9(6-2,7-3)8-4/h5-8H2,1-4H3/i1D. The maximum absolute atomic E-state index is 7.20. The molecule has 0 rings (SSSR count). The molecule has 0 nitrogen and oxygen atoms in total. The smallest absolute Gasteiger partial charge is 0.0524 e. The van der Waals surface area contributed by atoms with Gasteiger partial charge in [-0.1, -0.05) is 51.8 Å². The minimum absolute atomic E-state index is 0.655. The zero-order chi connectivity index (χ0) is 8.04. The van der Waals surface area contributed by atoms with E-state index < -0.39 is 8.07 Å². The summed E-state index contributed by atoms with van der Waals surface area (Å²) in [7, 11) is -0.905. The summed E-state index contributed by atoms with van der Waals surface area (Å²) in [5.41, 5.74) is 0. The van der Waals surface area contributed by atoms with Crippen molar-refractivity contribution in [2.24, 2.45) is 0 Å². The van der Waals surface area contributed by atoms with Crippen molar-refractivity contribution in [3.8, 4) is 0 Å². The fourth-order valence-electron chi connectivity index (χ4n) is 1.28. The summed E-state index contributed by atoms with van der Waals surface area (Å²) in [5, 5.41) is 0. The van der Waals surface area contributed by atoms with Crippen molar-refractivity contribution in [3.05, 3.63) is 0 Å². The van der Waals surface area contributed by atoms with Gasteiger partial charge in [0.05, 0.1) is 8.07 Å². The molecule has 9 heavy (non-hydrogen) atoms. The molecule has 0 radical (unpaired) electrons. The number of hydrogen-bond acceptors (Lipinski definition) is 0. The van der Waals surface area contributed by atoms with Crippen molar-refractivity contribution >= 4 is 8.07 Å². The Morgan fingerprint density at radius 1 is 1.00 bits per heavy atom. The van der Waals surface area contributed by atoms with E-state index in [1.165, 1.54) is 24.2 Å². The van der Waals surface area contributed by atoms with Gasteiger partial charge in [0, 0.05) is 1.37 Å². The summed E-state index contributed by atoms with van der Waals surface area (Å²) in [5.74, 6) is 0. The van der Waals surface area contributed by atoms with Crippen molar-refractivity contribution in [2.75, 3.05) is 0 Å². The second kappa shape index (κ2) is 4.10. The second-order valence-corrected chi connectivity index (χ2v) is 8.43. The summed E-state index contributed by atoms with van der Waals surface area (Å²) in [6.07, 6.45) is 0. The molecular formula is C8H20Si. The van der Waals surface area contributed by atoms with Gasteiger partial charge in [0.2, 0.25) is 0 Å². The van der Waals surface area contributed by atoms with Crippen LogP contribution in [0.25, 0.3) is 0 Å². The maximum Gasteiger partial charge on any atom is 0.0524 e. The van der Waals surface area contributed by atoms with Gasteiger partial charge in [-0.05, 0) is 0 Å². The van der Waals surface area contributed by atoms with Gasteiger partial charge >= 0.3 is 0 Å². The molecule has 0 aliphatic carbocycles. The van der Waals surface area contributed by atoms with E-state index >= 15 is 0 Å². The lowest BCUT2D eigenvalue weighted by atomic mass is 10.9. The van der Waals surface area contributed by atoms with Crippen LogP contribution < -0.4 is 0 Å². The number of rotatable bonds is 4. The molecule has 0 aromatic carbocycles. The molecule has 56 valence electrons. The van der Waals surface area contributed by atoms with Gasteiger partial charge in [0.15, 0.2) is 0 Å². The van der Waals surface area contributed by atoms with Crippen LogP contribution in [0.2, 0.25) is 24.2 Å². The Bertz CT molecular complexity index is 71.1. The average molecular weight is 145 g/mol. The molecule has 0 heterocycles. The lowest BCUT2D eigenvalue weighted by Gasteiger charge is -2.25. The Labute approximate surface area is 62.1 Å². The first kappa shape index (κ1) is 7.33. The summed E-state index contributed by atoms with van der Waals surface area (Å²) in [4.78, 5) is 0. The fraction of sp³-hybridized carbons (Fsp3) is 1.00. The van der Waals surface area contributed by atoms with Crippen LogP contribution in [-0.4, -0.2) is 8.07 Å². The Hall–Kier alpha value is 0.217. The van der Waals surface area contributed by atoms with E-state index in [-0.39, 0.29) is 0 Å². The quantitative estimate of drug-likeness (QED) is 0.531. The highest BCUT2D eigenvalue weighted by molar-refractivity contribution is 6.79. The highest BCUT2D eigenvalue weighted by Gasteiger charge is 2.23. The third-order valence-corrected chi connectivity index (χ3v) is 8.34. The Morgan fingerprint density at radius 2 is 1.44 bits per heavy atom. The fourth-order valence-corrected chi connectivity index (χ4v) is 3.84. The molecule has 0 saturated heterocycles. The molecule has 0 unspecified atom stereocenters. The Kier molecular flexibility index (Phi) is 3.34. The van der Waals surface area contributed by atoms with Crippen molar-refractivity contribution in [3.63, 3.8) is 0 Å². The third-order valence-electron chi connectivity index (χ3n) is 2.78. The highest BCUT2D eigenvalue weighted by atomic mass is 28.3. The Morgan fingerprint density at radius 3 is 1.56 bits per heavy atom. The van der Waals surface area contributed by atoms with Crippen LogP contribution in [0.4, 0.5) is 0 Å². The highest BCUT2D eigenvalue weighted by Crippen LogP contribution is 2.23. The summed E-state index contributed by atoms with van der Waals surface area (Å²) >= 11 is 0. The van der Waals surface area contributed by atoms with Gasteiger partial charge in [0.1, 0.15) is 0 Å². The first-order chi connectivity index (χ1) is 4.74. The van der Waals surface area contributed by atoms with Crippen molar-refractivity contribution in [2.45, 2.75) is 51.8 Å². The van der Waals surface area contributed by atoms with Crippen LogP contribution in [0.5, 0.6) is 0 Å². The van der Waals surface area contributed by atoms with Crippen LogP contribution in [-0.2, 0) is 0 Å². The van der Waals surface area contributed by atoms with Crippen LogP contribution in [0.15, 0.2) is 0 Å². The second-order valence-electron chi connectivity index (χ2n) is 2.81. The zero-order valence-corrected chi connectivity index (χ0v) is 8.04. The van der Waals surface area contributed by atoms with E-state index in [2.05, 4.69) is 20.8 Å². The van der Waals surface area contributed by atoms with E-state index in [1.807, 2.05) is 0 Å². The van der Waals surface area contributed by atoms with Gasteiger partial charge in [-0.2, -0.15) is 0 Å². The van der Waals surface area contributed by atoms with Crippen LogP contribution in [0.1, 0.15) is 29.0 Å². The molecule has 0 atom stereocenters. The van der Waals surface area contributed by atoms with Gasteiger partial charge in [-0.25, -0.2) is 0 Å². The molecule has 0 aliphatic rings. The van der Waals surface area contributed by atoms with Gasteiger partial charge in [-0.15, -0.1) is 0 Å². The van der Waals surface area contributed by atoms with Crippen LogP contribution in [0.3, 0.4) is 0 Å². The zero-order valence-electron chi connectivity index (χ0n) is 8.04. The van der Waals surface area contributed by atoms with Crippen molar-refractivity contribution in [1.29, 1.82) is 0 Å². The maximum atomic E-state index is 7.20. The predicted molar refractivity (Wildman–Crippen MR) is 47.7 cm³/mol. The van der Waals surface area contributed by atoms with Gasteiger partial charge in [-0.3, -0.25) is 0 Å². The molecule has 0 amide bonds. The average Bonchev–Trinajstić information content (AvgIpc) is 2.01. The van der Waals surface area contributed by atoms with E-state index in [4.69, 9.17) is 1.37 Å². The topological polar surface area (TPSA) is 0 Å². The van der Waals surface area contributed by atoms with Crippen LogP contribution >= 0.6 is 0 Å². The van der Waals surface area contributed by atoms with Gasteiger partial charge in [0.25, 0.3) is 0 Å². The van der Waals surface area contributed by atoms with E-state index in [1.54, 1.807) is 0 Å². The first-order valence-corrected chi connectivity index (χ1v) is 6.86. The van der Waals surface area contributed by atoms with Gasteiger partial charge < -0.3 is 0 Å². The lowest BCUT2D eigenvalue weighted by Crippen LogP contribution is -2.29. The van der Waals surface area contributed by atoms with Crippen LogP contribution in [0, 0.1) is 0 Å². The first-order valence-electron chi connectivity index (χ1n) is 4.74. The minimum atomic E-state index is -0.905. The molecule has 0 N–H and O–H groups in total. The summed E-state index contributed by atoms with van der Waals surface area (Å²) in [6.45, 7) is 7.56. The SMILES string of the molecule is [2H]CC[Si](CC)(CC)CC. The normalized spacial score (nSPS) is 13.4. The molecule has 0 saturated carbocycles. The van der Waals surface area contributed by atoms with E-state index in [9.17, 15) is 0 Å². The summed E-state index contributed by atoms with van der Waals surface area (Å²) < 4.78 is 7.20. The lowest BCUT2D eigenvalue weighted by molar-refractivity contribution is 1.11. The molecule has 0 spiro atoms. The molecule has 0 bridgehead atoms. The number of hydrogen-bond donors (Lipinski definition) is 0. The Balaban J connectivity index is 3.87. The van der Waals surface area contributed by atoms with Crippen molar-refractivity contribution in [1.82, 2.24) is 0 Å². The van der Waals surface area contributed by atoms with E-state index in [0.29, 0.717) is 6.90 Å². The third kappa shape index (κ3) is 2.13. The molecule has 0 aliphatic heterocycles. The molecule has 0 fully saturated rings. The molecule has 0 aromatic rings. The molecule has 0 aromatic heterocycles. The minimum Gasteiger partial charge on any atom is -0.0678 e. The summed E-state index contributed by atoms with van der Waals surface area (Å²) in [6, 6.07) is 5.34. The largest absolute Gasteiger partial charge is 0.0678 e. The molecular weight excluding hydrogens is 124 g/mol. The monoisotopic (exact) mass is 145 g/mol. The molecule has 1 heteroatoms. The van der Waals surface area contributed by atoms with Crippen molar-refractivity contribution < 1.29 is 1.37 Å².